The highest BCUT2D eigenvalue weighted by molar-refractivity contribution is 5.75. The van der Waals surface area contributed by atoms with Crippen molar-refractivity contribution in [1.29, 1.82) is 0 Å². The smallest absolute Gasteiger partial charge is 0.335 e. The molecule has 0 amide bonds. The fourth-order valence-electron chi connectivity index (χ4n) is 13.0. The van der Waals surface area contributed by atoms with Gasteiger partial charge in [0.2, 0.25) is 0 Å². The van der Waals surface area contributed by atoms with Crippen molar-refractivity contribution in [3.05, 3.63) is 23.8 Å². The number of carbonyl (C=O) groups is 1. The maximum absolute atomic E-state index is 13.0. The Morgan fingerprint density at radius 1 is 1.00 bits per heavy atom. The summed E-state index contributed by atoms with van der Waals surface area (Å²) in [4.78, 5) is 13.0. The molecule has 4 saturated heterocycles. The first-order valence-corrected chi connectivity index (χ1v) is 22.0. The summed E-state index contributed by atoms with van der Waals surface area (Å²) in [6, 6.07) is 0. The second-order valence-corrected chi connectivity index (χ2v) is 19.7. The van der Waals surface area contributed by atoms with E-state index in [4.69, 9.17) is 33.2 Å². The van der Waals surface area contributed by atoms with Gasteiger partial charge < -0.3 is 63.8 Å². The molecule has 0 aromatic carbocycles. The van der Waals surface area contributed by atoms with Crippen molar-refractivity contribution in [3.63, 3.8) is 0 Å². The molecule has 0 bridgehead atoms. The van der Waals surface area contributed by atoms with E-state index >= 15 is 0 Å². The highest BCUT2D eigenvalue weighted by atomic mass is 16.8. The zero-order valence-corrected chi connectivity index (χ0v) is 35.0. The van der Waals surface area contributed by atoms with Gasteiger partial charge in [-0.3, -0.25) is 0 Å². The fourth-order valence-corrected chi connectivity index (χ4v) is 13.0. The van der Waals surface area contributed by atoms with Crippen LogP contribution in [0.2, 0.25) is 0 Å². The lowest BCUT2D eigenvalue weighted by Crippen LogP contribution is -2.64. The van der Waals surface area contributed by atoms with Crippen molar-refractivity contribution >= 4 is 5.97 Å². The molecule has 14 nitrogen and oxygen atoms in total. The molecule has 0 aromatic rings. The van der Waals surface area contributed by atoms with Crippen LogP contribution in [0.5, 0.6) is 0 Å². The van der Waals surface area contributed by atoms with Crippen LogP contribution in [0, 0.1) is 46.3 Å². The first-order chi connectivity index (χ1) is 27.4. The van der Waals surface area contributed by atoms with Gasteiger partial charge in [0.25, 0.3) is 0 Å². The second-order valence-electron chi connectivity index (χ2n) is 19.7. The molecule has 4 aliphatic heterocycles. The number of hydrogen-bond donors (Lipinski definition) is 6. The van der Waals surface area contributed by atoms with E-state index in [1.54, 1.807) is 6.92 Å². The van der Waals surface area contributed by atoms with Crippen molar-refractivity contribution in [2.45, 2.75) is 185 Å². The highest BCUT2D eigenvalue weighted by Gasteiger charge is 2.69. The Morgan fingerprint density at radius 3 is 2.47 bits per heavy atom. The van der Waals surface area contributed by atoms with Crippen LogP contribution >= 0.6 is 0 Å². The first kappa shape index (κ1) is 43.1. The van der Waals surface area contributed by atoms with Crippen LogP contribution in [0.3, 0.4) is 0 Å². The number of carbonyl (C=O) groups excluding carboxylic acids is 1. The third kappa shape index (κ3) is 6.97. The summed E-state index contributed by atoms with van der Waals surface area (Å²) in [6.07, 6.45) is -5.86. The Kier molecular flexibility index (Phi) is 11.9. The van der Waals surface area contributed by atoms with Gasteiger partial charge in [0, 0.05) is 24.2 Å². The summed E-state index contributed by atoms with van der Waals surface area (Å²) in [5.41, 5.74) is 1.84. The zero-order valence-electron chi connectivity index (χ0n) is 35.0. The molecule has 6 N–H and O–H groups in total. The van der Waals surface area contributed by atoms with E-state index in [9.17, 15) is 35.4 Å². The first-order valence-electron chi connectivity index (χ1n) is 22.0. The van der Waals surface area contributed by atoms with Gasteiger partial charge in [0.15, 0.2) is 30.6 Å². The predicted molar refractivity (Wildman–Crippen MR) is 206 cm³/mol. The minimum Gasteiger partial charge on any atom is -0.455 e. The van der Waals surface area contributed by atoms with E-state index < -0.39 is 96.7 Å². The van der Waals surface area contributed by atoms with E-state index in [0.717, 1.165) is 49.7 Å². The molecule has 7 fully saturated rings. The van der Waals surface area contributed by atoms with E-state index in [0.29, 0.717) is 43.6 Å². The van der Waals surface area contributed by atoms with Gasteiger partial charge in [-0.05, 0) is 80.5 Å². The Balaban J connectivity index is 1.05. The zero-order chi connectivity index (χ0) is 41.6. The number of aliphatic hydroxyl groups is 6. The molecule has 3 saturated carbocycles. The molecule has 14 heteroatoms. The summed E-state index contributed by atoms with van der Waals surface area (Å²) < 4.78 is 44.2. The SMILES string of the molecule is C=C1CCC2(OC1)OC1CC3C4CC=C5CC(O)CC(OC6OCC(OC(=O)C(O)C(C)CC)C(O)C6OC6OC(C)C(O)C(O)C6O)C5(C)C4CCC3(C)C1C2C. The lowest BCUT2D eigenvalue weighted by molar-refractivity contribution is -0.363. The minimum absolute atomic E-state index is 0.0688. The maximum atomic E-state index is 13.0. The molecular weight excluding hydrogens is 752 g/mol. The van der Waals surface area contributed by atoms with E-state index in [2.05, 4.69) is 33.4 Å². The van der Waals surface area contributed by atoms with Gasteiger partial charge in [0.05, 0.1) is 37.6 Å². The van der Waals surface area contributed by atoms with Crippen LogP contribution in [0.1, 0.15) is 99.3 Å². The summed E-state index contributed by atoms with van der Waals surface area (Å²) in [5.74, 6) is -0.219. The van der Waals surface area contributed by atoms with Crippen LogP contribution in [0.25, 0.3) is 0 Å². The third-order valence-electron chi connectivity index (χ3n) is 16.7. The largest absolute Gasteiger partial charge is 0.455 e. The summed E-state index contributed by atoms with van der Waals surface area (Å²) in [7, 11) is 0. The van der Waals surface area contributed by atoms with E-state index in [-0.39, 0.29) is 30.0 Å². The van der Waals surface area contributed by atoms with E-state index in [1.165, 1.54) is 6.92 Å². The number of allylic oxidation sites excluding steroid dienone is 1. The van der Waals surface area contributed by atoms with E-state index in [1.807, 2.05) is 6.92 Å². The monoisotopic (exact) mass is 820 g/mol. The van der Waals surface area contributed by atoms with Gasteiger partial charge in [0.1, 0.15) is 30.5 Å². The normalized spacial score (nSPS) is 52.5. The number of hydrogen-bond acceptors (Lipinski definition) is 14. The van der Waals surface area contributed by atoms with Crippen LogP contribution < -0.4 is 0 Å². The van der Waals surface area contributed by atoms with Gasteiger partial charge in [-0.25, -0.2) is 4.79 Å². The lowest BCUT2D eigenvalue weighted by Gasteiger charge is -2.60. The summed E-state index contributed by atoms with van der Waals surface area (Å²) in [5, 5.41) is 65.6. The van der Waals surface area contributed by atoms with Crippen molar-refractivity contribution in [3.8, 4) is 0 Å². The molecular formula is C44H68O14. The number of aliphatic hydroxyl groups excluding tert-OH is 6. The standard InChI is InChI=1S/C44H68O14/c1-8-21(3)33(46)39(51)55-30-19-52-41(38(35(30)48)57-40-37(50)36(49)34(47)23(5)54-40)56-31-16-25(45)15-24-9-10-26-27(43(24,31)7)12-13-42(6)28(26)17-29-32(42)22(4)44(58-29)14-11-20(2)18-53-44/h9,21-23,25-38,40-41,45-50H,2,8,10-19H2,1,3-7H3. The molecule has 22 unspecified atom stereocenters. The Morgan fingerprint density at radius 2 is 1.76 bits per heavy atom. The number of ether oxygens (including phenoxy) is 7. The lowest BCUT2D eigenvalue weighted by atomic mass is 9.46. The van der Waals surface area contributed by atoms with Crippen molar-refractivity contribution in [1.82, 2.24) is 0 Å². The van der Waals surface area contributed by atoms with Gasteiger partial charge >= 0.3 is 5.97 Å². The van der Waals surface area contributed by atoms with Crippen LogP contribution in [-0.2, 0) is 38.0 Å². The Labute approximate surface area is 342 Å². The molecule has 4 aliphatic carbocycles. The fraction of sp³-hybridized carbons (Fsp3) is 0.886. The topological polar surface area (TPSA) is 203 Å². The summed E-state index contributed by atoms with van der Waals surface area (Å²) in [6.45, 7) is 16.5. The highest BCUT2D eigenvalue weighted by Crippen LogP contribution is 2.71. The predicted octanol–water partition coefficient (Wildman–Crippen LogP) is 2.88. The molecule has 1 spiro atoms. The molecule has 8 rings (SSSR count). The molecule has 58 heavy (non-hydrogen) atoms. The van der Waals surface area contributed by atoms with Crippen molar-refractivity contribution < 1.29 is 68.6 Å². The van der Waals surface area contributed by atoms with Gasteiger partial charge in [-0.2, -0.15) is 0 Å². The molecule has 0 aromatic heterocycles. The Bertz CT molecular complexity index is 1560. The third-order valence-corrected chi connectivity index (χ3v) is 16.7. The maximum Gasteiger partial charge on any atom is 0.335 e. The minimum atomic E-state index is -1.69. The second kappa shape index (κ2) is 16.0. The van der Waals surface area contributed by atoms with Crippen LogP contribution in [0.4, 0.5) is 0 Å². The Hall–Kier alpha value is -1.53. The molecule has 8 aliphatic rings. The van der Waals surface area contributed by atoms with Crippen molar-refractivity contribution in [2.75, 3.05) is 13.2 Å². The van der Waals surface area contributed by atoms with Crippen LogP contribution in [0.15, 0.2) is 23.8 Å². The van der Waals surface area contributed by atoms with Crippen LogP contribution in [-0.4, -0.2) is 135 Å². The van der Waals surface area contributed by atoms with Crippen molar-refractivity contribution in [2.24, 2.45) is 46.3 Å². The average molecular weight is 821 g/mol. The molecule has 4 heterocycles. The molecule has 328 valence electrons. The summed E-state index contributed by atoms with van der Waals surface area (Å²) >= 11 is 0. The number of rotatable bonds is 8. The average Bonchev–Trinajstić information content (AvgIpc) is 3.64. The number of esters is 1. The van der Waals surface area contributed by atoms with Gasteiger partial charge in [-0.1, -0.05) is 64.8 Å². The molecule has 22 atom stereocenters. The van der Waals surface area contributed by atoms with Gasteiger partial charge in [-0.15, -0.1) is 0 Å². The number of fused-ring (bicyclic) bond motifs is 7. The quantitative estimate of drug-likeness (QED) is 0.154. The molecule has 0 radical (unpaired) electrons.